The van der Waals surface area contributed by atoms with Crippen LogP contribution in [0.4, 0.5) is 0 Å². The molecule has 1 aromatic rings. The summed E-state index contributed by atoms with van der Waals surface area (Å²) in [5.41, 5.74) is 0. The summed E-state index contributed by atoms with van der Waals surface area (Å²) in [6, 6.07) is 0.554. The van der Waals surface area contributed by atoms with Gasteiger partial charge in [-0.3, -0.25) is 4.90 Å². The van der Waals surface area contributed by atoms with E-state index in [-0.39, 0.29) is 6.61 Å². The number of nitrogens with zero attached hydrogens (tertiary/aromatic N) is 3. The number of hydrogen-bond acceptors (Lipinski definition) is 4. The fourth-order valence-corrected chi connectivity index (χ4v) is 1.84. The van der Waals surface area contributed by atoms with E-state index >= 15 is 0 Å². The van der Waals surface area contributed by atoms with E-state index in [9.17, 15) is 5.11 Å². The molecule has 16 heavy (non-hydrogen) atoms. The number of aliphatic hydroxyl groups is 2. The van der Waals surface area contributed by atoms with Crippen LogP contribution in [0.3, 0.4) is 0 Å². The fourth-order valence-electron chi connectivity index (χ4n) is 1.84. The molecule has 90 valence electrons. The van der Waals surface area contributed by atoms with Crippen LogP contribution in [0.25, 0.3) is 0 Å². The van der Waals surface area contributed by atoms with Crippen LogP contribution in [0.1, 0.15) is 18.7 Å². The lowest BCUT2D eigenvalue weighted by Crippen LogP contribution is -2.36. The lowest BCUT2D eigenvalue weighted by Gasteiger charge is -2.23. The third kappa shape index (κ3) is 2.81. The second-order valence-corrected chi connectivity index (χ2v) is 4.45. The highest BCUT2D eigenvalue weighted by atomic mass is 16.3. The molecule has 1 atom stereocenters. The Balaban J connectivity index is 1.95. The molecule has 1 aliphatic rings. The molecule has 0 saturated heterocycles. The number of imidazole rings is 1. The predicted octanol–water partition coefficient (Wildman–Crippen LogP) is -0.262. The van der Waals surface area contributed by atoms with Crippen molar-refractivity contribution >= 4 is 0 Å². The number of rotatable bonds is 6. The molecule has 0 aliphatic heterocycles. The third-order valence-corrected chi connectivity index (χ3v) is 2.98. The van der Waals surface area contributed by atoms with Crippen molar-refractivity contribution in [2.24, 2.45) is 7.05 Å². The van der Waals surface area contributed by atoms with E-state index in [0.29, 0.717) is 12.6 Å². The van der Waals surface area contributed by atoms with Gasteiger partial charge in [0.2, 0.25) is 0 Å². The Bertz CT molecular complexity index is 336. The smallest absolute Gasteiger partial charge is 0.122 e. The van der Waals surface area contributed by atoms with Gasteiger partial charge >= 0.3 is 0 Å². The summed E-state index contributed by atoms with van der Waals surface area (Å²) in [5.74, 6) is 0.997. The molecule has 0 amide bonds. The summed E-state index contributed by atoms with van der Waals surface area (Å²) in [4.78, 5) is 6.47. The van der Waals surface area contributed by atoms with Gasteiger partial charge in [0.05, 0.1) is 19.3 Å². The normalized spacial score (nSPS) is 18.0. The van der Waals surface area contributed by atoms with Crippen LogP contribution >= 0.6 is 0 Å². The van der Waals surface area contributed by atoms with Gasteiger partial charge in [0.25, 0.3) is 0 Å². The maximum Gasteiger partial charge on any atom is 0.122 e. The molecule has 1 aromatic heterocycles. The van der Waals surface area contributed by atoms with Gasteiger partial charge in [-0.15, -0.1) is 0 Å². The minimum Gasteiger partial charge on any atom is -0.394 e. The first-order valence-corrected chi connectivity index (χ1v) is 5.70. The molecule has 0 unspecified atom stereocenters. The molecule has 1 saturated carbocycles. The molecule has 0 radical (unpaired) electrons. The Kier molecular flexibility index (Phi) is 3.58. The molecule has 2 rings (SSSR count). The summed E-state index contributed by atoms with van der Waals surface area (Å²) >= 11 is 0. The standard InChI is InChI=1S/C11H19N3O2/c1-13-5-4-12-11(13)7-14(9-2-3-9)6-10(16)8-15/h4-5,9-10,15-16H,2-3,6-8H2,1H3/t10-/m0/s1. The maximum absolute atomic E-state index is 9.48. The molecule has 5 heteroatoms. The average molecular weight is 225 g/mol. The topological polar surface area (TPSA) is 61.5 Å². The molecular formula is C11H19N3O2. The second-order valence-electron chi connectivity index (χ2n) is 4.45. The zero-order valence-electron chi connectivity index (χ0n) is 9.58. The van der Waals surface area contributed by atoms with E-state index in [1.54, 1.807) is 6.20 Å². The number of aromatic nitrogens is 2. The largest absolute Gasteiger partial charge is 0.394 e. The van der Waals surface area contributed by atoms with E-state index in [1.165, 1.54) is 12.8 Å². The van der Waals surface area contributed by atoms with Crippen molar-refractivity contribution in [1.82, 2.24) is 14.5 Å². The van der Waals surface area contributed by atoms with Crippen molar-refractivity contribution in [2.75, 3.05) is 13.2 Å². The molecular weight excluding hydrogens is 206 g/mol. The monoisotopic (exact) mass is 225 g/mol. The minimum absolute atomic E-state index is 0.177. The molecule has 2 N–H and O–H groups in total. The predicted molar refractivity (Wildman–Crippen MR) is 59.7 cm³/mol. The first-order valence-electron chi connectivity index (χ1n) is 5.70. The van der Waals surface area contributed by atoms with Gasteiger partial charge in [0.15, 0.2) is 0 Å². The Morgan fingerprint density at radius 2 is 2.38 bits per heavy atom. The van der Waals surface area contributed by atoms with Gasteiger partial charge in [-0.25, -0.2) is 4.98 Å². The van der Waals surface area contributed by atoms with Crippen molar-refractivity contribution in [3.63, 3.8) is 0 Å². The van der Waals surface area contributed by atoms with Gasteiger partial charge < -0.3 is 14.8 Å². The lowest BCUT2D eigenvalue weighted by molar-refractivity contribution is 0.0529. The van der Waals surface area contributed by atoms with Gasteiger partial charge in [0.1, 0.15) is 5.82 Å². The highest BCUT2D eigenvalue weighted by Crippen LogP contribution is 2.28. The maximum atomic E-state index is 9.48. The van der Waals surface area contributed by atoms with Crippen LogP contribution in [-0.2, 0) is 13.6 Å². The van der Waals surface area contributed by atoms with Crippen LogP contribution in [0.15, 0.2) is 12.4 Å². The molecule has 1 heterocycles. The minimum atomic E-state index is -0.652. The third-order valence-electron chi connectivity index (χ3n) is 2.98. The van der Waals surface area contributed by atoms with E-state index in [4.69, 9.17) is 5.11 Å². The Hall–Kier alpha value is -0.910. The average Bonchev–Trinajstić information content (AvgIpc) is 3.04. The van der Waals surface area contributed by atoms with Gasteiger partial charge in [-0.2, -0.15) is 0 Å². The van der Waals surface area contributed by atoms with Crippen LogP contribution in [0, 0.1) is 0 Å². The molecule has 0 aromatic carbocycles. The zero-order valence-corrected chi connectivity index (χ0v) is 9.58. The highest BCUT2D eigenvalue weighted by Gasteiger charge is 2.30. The van der Waals surface area contributed by atoms with E-state index < -0.39 is 6.10 Å². The van der Waals surface area contributed by atoms with Crippen LogP contribution in [0.5, 0.6) is 0 Å². The van der Waals surface area contributed by atoms with Crippen molar-refractivity contribution in [3.05, 3.63) is 18.2 Å². The SMILES string of the molecule is Cn1ccnc1CN(C[C@H](O)CO)C1CC1. The van der Waals surface area contributed by atoms with E-state index in [1.807, 2.05) is 17.8 Å². The van der Waals surface area contributed by atoms with Crippen molar-refractivity contribution in [2.45, 2.75) is 31.5 Å². The summed E-state index contributed by atoms with van der Waals surface area (Å²) in [6.07, 6.45) is 5.41. The van der Waals surface area contributed by atoms with Crippen molar-refractivity contribution < 1.29 is 10.2 Å². The Morgan fingerprint density at radius 3 is 2.88 bits per heavy atom. The quantitative estimate of drug-likeness (QED) is 0.700. The lowest BCUT2D eigenvalue weighted by atomic mass is 10.3. The Morgan fingerprint density at radius 1 is 1.62 bits per heavy atom. The highest BCUT2D eigenvalue weighted by molar-refractivity contribution is 4.95. The van der Waals surface area contributed by atoms with E-state index in [2.05, 4.69) is 9.88 Å². The van der Waals surface area contributed by atoms with E-state index in [0.717, 1.165) is 12.4 Å². The molecule has 0 bridgehead atoms. The molecule has 1 fully saturated rings. The summed E-state index contributed by atoms with van der Waals surface area (Å²) in [7, 11) is 1.97. The van der Waals surface area contributed by atoms with Gasteiger partial charge in [-0.05, 0) is 12.8 Å². The van der Waals surface area contributed by atoms with Crippen LogP contribution in [0.2, 0.25) is 0 Å². The molecule has 5 nitrogen and oxygen atoms in total. The number of aryl methyl sites for hydroxylation is 1. The van der Waals surface area contributed by atoms with Crippen molar-refractivity contribution in [3.8, 4) is 0 Å². The second kappa shape index (κ2) is 4.95. The first-order chi connectivity index (χ1) is 7.70. The molecule has 0 spiro atoms. The van der Waals surface area contributed by atoms with Gasteiger partial charge in [-0.1, -0.05) is 0 Å². The van der Waals surface area contributed by atoms with Crippen molar-refractivity contribution in [1.29, 1.82) is 0 Å². The number of aliphatic hydroxyl groups excluding tert-OH is 2. The van der Waals surface area contributed by atoms with Crippen LogP contribution in [-0.4, -0.2) is 50.0 Å². The first kappa shape index (κ1) is 11.6. The Labute approximate surface area is 95.3 Å². The molecule has 1 aliphatic carbocycles. The zero-order chi connectivity index (χ0) is 11.5. The van der Waals surface area contributed by atoms with Gasteiger partial charge in [0, 0.05) is 32.0 Å². The number of hydrogen-bond donors (Lipinski definition) is 2. The summed E-state index contributed by atoms with van der Waals surface area (Å²) in [5, 5.41) is 18.4. The summed E-state index contributed by atoms with van der Waals surface area (Å²) < 4.78 is 1.99. The fraction of sp³-hybridized carbons (Fsp3) is 0.727. The summed E-state index contributed by atoms with van der Waals surface area (Å²) in [6.45, 7) is 1.09. The van der Waals surface area contributed by atoms with Crippen LogP contribution < -0.4 is 0 Å².